The summed E-state index contributed by atoms with van der Waals surface area (Å²) >= 11 is 1.30. The first kappa shape index (κ1) is 14.5. The second kappa shape index (κ2) is 7.03. The molecule has 2 heterocycles. The third-order valence-electron chi connectivity index (χ3n) is 3.35. The van der Waals surface area contributed by atoms with Crippen molar-refractivity contribution in [3.63, 3.8) is 0 Å². The molecule has 1 N–H and O–H groups in total. The fourth-order valence-electron chi connectivity index (χ4n) is 2.47. The Balaban J connectivity index is 1.91. The van der Waals surface area contributed by atoms with E-state index in [4.69, 9.17) is 9.84 Å². The van der Waals surface area contributed by atoms with E-state index in [0.717, 1.165) is 51.1 Å². The fraction of sp³-hybridized carbons (Fsp3) is 0.643. The van der Waals surface area contributed by atoms with Gasteiger partial charge in [-0.15, -0.1) is 11.3 Å². The lowest BCUT2D eigenvalue weighted by Gasteiger charge is -2.32. The number of nitrogens with zero attached hydrogens (tertiary/aromatic N) is 1. The van der Waals surface area contributed by atoms with Crippen LogP contribution in [0.2, 0.25) is 0 Å². The summed E-state index contributed by atoms with van der Waals surface area (Å²) in [6.07, 6.45) is 3.59. The summed E-state index contributed by atoms with van der Waals surface area (Å²) < 4.78 is 5.80. The molecule has 4 nitrogen and oxygen atoms in total. The van der Waals surface area contributed by atoms with Crippen molar-refractivity contribution < 1.29 is 14.6 Å². The zero-order valence-electron chi connectivity index (χ0n) is 11.3. The molecule has 0 saturated carbocycles. The lowest BCUT2D eigenvalue weighted by molar-refractivity contribution is -0.00225. The maximum Gasteiger partial charge on any atom is 0.346 e. The molecule has 1 aliphatic rings. The van der Waals surface area contributed by atoms with Crippen molar-refractivity contribution in [1.82, 2.24) is 4.90 Å². The molecule has 1 aliphatic heterocycles. The third-order valence-corrected chi connectivity index (χ3v) is 4.30. The molecule has 106 valence electrons. The van der Waals surface area contributed by atoms with Crippen LogP contribution in [0, 0.1) is 0 Å². The summed E-state index contributed by atoms with van der Waals surface area (Å²) in [4.78, 5) is 13.9. The molecule has 19 heavy (non-hydrogen) atoms. The number of hydrogen-bond donors (Lipinski definition) is 1. The summed E-state index contributed by atoms with van der Waals surface area (Å²) in [7, 11) is 0. The van der Waals surface area contributed by atoms with E-state index in [1.807, 2.05) is 11.4 Å². The summed E-state index contributed by atoms with van der Waals surface area (Å²) in [6.45, 7) is 5.59. The van der Waals surface area contributed by atoms with Crippen LogP contribution in [0.1, 0.15) is 41.4 Å². The fourth-order valence-corrected chi connectivity index (χ4v) is 3.22. The summed E-state index contributed by atoms with van der Waals surface area (Å²) in [5.41, 5.74) is 0.925. The lowest BCUT2D eigenvalue weighted by Crippen LogP contribution is -2.39. The van der Waals surface area contributed by atoms with Crippen molar-refractivity contribution in [2.24, 2.45) is 0 Å². The van der Waals surface area contributed by atoms with E-state index in [0.29, 0.717) is 11.0 Å². The number of carboxylic acid groups (broad SMARTS) is 1. The van der Waals surface area contributed by atoms with Gasteiger partial charge < -0.3 is 9.84 Å². The Morgan fingerprint density at radius 3 is 3.21 bits per heavy atom. The van der Waals surface area contributed by atoms with Crippen molar-refractivity contribution in [2.45, 2.75) is 38.8 Å². The smallest absolute Gasteiger partial charge is 0.346 e. The number of rotatable bonds is 6. The molecular weight excluding hydrogens is 262 g/mol. The lowest BCUT2D eigenvalue weighted by atomic mass is 10.1. The van der Waals surface area contributed by atoms with Gasteiger partial charge in [-0.3, -0.25) is 4.90 Å². The number of aromatic carboxylic acids is 1. The SMILES string of the molecule is CCCOC1CCCN(Cc2ccsc2C(=O)O)C1. The highest BCUT2D eigenvalue weighted by molar-refractivity contribution is 7.12. The van der Waals surface area contributed by atoms with Crippen LogP contribution >= 0.6 is 11.3 Å². The highest BCUT2D eigenvalue weighted by atomic mass is 32.1. The molecule has 1 aromatic rings. The Bertz CT molecular complexity index is 419. The predicted molar refractivity (Wildman–Crippen MR) is 75.8 cm³/mol. The number of carboxylic acids is 1. The van der Waals surface area contributed by atoms with E-state index < -0.39 is 5.97 Å². The first-order chi connectivity index (χ1) is 9.20. The molecule has 1 aromatic heterocycles. The Morgan fingerprint density at radius 2 is 2.47 bits per heavy atom. The maximum absolute atomic E-state index is 11.1. The van der Waals surface area contributed by atoms with Crippen molar-refractivity contribution >= 4 is 17.3 Å². The molecule has 1 saturated heterocycles. The van der Waals surface area contributed by atoms with Gasteiger partial charge in [0, 0.05) is 19.7 Å². The Labute approximate surface area is 118 Å². The number of hydrogen-bond acceptors (Lipinski definition) is 4. The molecule has 5 heteroatoms. The van der Waals surface area contributed by atoms with Crippen LogP contribution in [-0.4, -0.2) is 41.8 Å². The third kappa shape index (κ3) is 4.03. The first-order valence-corrected chi connectivity index (χ1v) is 7.72. The van der Waals surface area contributed by atoms with E-state index in [2.05, 4.69) is 11.8 Å². The van der Waals surface area contributed by atoms with Gasteiger partial charge in [0.1, 0.15) is 4.88 Å². The molecule has 0 radical (unpaired) electrons. The zero-order valence-corrected chi connectivity index (χ0v) is 12.1. The summed E-state index contributed by atoms with van der Waals surface area (Å²) in [5.74, 6) is -0.819. The molecule has 1 fully saturated rings. The first-order valence-electron chi connectivity index (χ1n) is 6.84. The number of piperidine rings is 1. The van der Waals surface area contributed by atoms with Gasteiger partial charge in [0.25, 0.3) is 0 Å². The summed E-state index contributed by atoms with van der Waals surface area (Å²) in [5, 5.41) is 11.0. The number of carbonyl (C=O) groups is 1. The van der Waals surface area contributed by atoms with Crippen molar-refractivity contribution in [1.29, 1.82) is 0 Å². The van der Waals surface area contributed by atoms with E-state index in [1.54, 1.807) is 0 Å². The zero-order chi connectivity index (χ0) is 13.7. The van der Waals surface area contributed by atoms with E-state index in [1.165, 1.54) is 11.3 Å². The molecule has 0 bridgehead atoms. The molecular formula is C14H21NO3S. The van der Waals surface area contributed by atoms with Gasteiger partial charge in [-0.1, -0.05) is 6.92 Å². The van der Waals surface area contributed by atoms with Crippen LogP contribution in [0.3, 0.4) is 0 Å². The number of ether oxygens (including phenoxy) is 1. The van der Waals surface area contributed by atoms with Gasteiger partial charge in [0.2, 0.25) is 0 Å². The quantitative estimate of drug-likeness (QED) is 0.872. The Morgan fingerprint density at radius 1 is 1.63 bits per heavy atom. The van der Waals surface area contributed by atoms with Crippen LogP contribution in [0.4, 0.5) is 0 Å². The highest BCUT2D eigenvalue weighted by Gasteiger charge is 2.22. The van der Waals surface area contributed by atoms with Crippen LogP contribution in [-0.2, 0) is 11.3 Å². The van der Waals surface area contributed by atoms with Crippen molar-refractivity contribution in [3.8, 4) is 0 Å². The van der Waals surface area contributed by atoms with Gasteiger partial charge in [-0.2, -0.15) is 0 Å². The monoisotopic (exact) mass is 283 g/mol. The highest BCUT2D eigenvalue weighted by Crippen LogP contribution is 2.21. The second-order valence-corrected chi connectivity index (χ2v) is 5.87. The Hall–Kier alpha value is -0.910. The maximum atomic E-state index is 11.1. The minimum Gasteiger partial charge on any atom is -0.477 e. The van der Waals surface area contributed by atoms with Gasteiger partial charge in [-0.25, -0.2) is 4.79 Å². The Kier molecular flexibility index (Phi) is 5.36. The minimum absolute atomic E-state index is 0.306. The standard InChI is InChI=1S/C14H21NO3S/c1-2-7-18-12-4-3-6-15(10-12)9-11-5-8-19-13(11)14(16)17/h5,8,12H,2-4,6-7,9-10H2,1H3,(H,16,17). The van der Waals surface area contributed by atoms with E-state index in [-0.39, 0.29) is 0 Å². The van der Waals surface area contributed by atoms with Gasteiger partial charge in [0.15, 0.2) is 0 Å². The van der Waals surface area contributed by atoms with Crippen LogP contribution in [0.15, 0.2) is 11.4 Å². The molecule has 2 rings (SSSR count). The van der Waals surface area contributed by atoms with Crippen LogP contribution in [0.5, 0.6) is 0 Å². The topological polar surface area (TPSA) is 49.8 Å². The van der Waals surface area contributed by atoms with Gasteiger partial charge in [-0.05, 0) is 42.8 Å². The van der Waals surface area contributed by atoms with Gasteiger partial charge >= 0.3 is 5.97 Å². The largest absolute Gasteiger partial charge is 0.477 e. The molecule has 1 unspecified atom stereocenters. The van der Waals surface area contributed by atoms with Crippen LogP contribution in [0.25, 0.3) is 0 Å². The number of thiophene rings is 1. The van der Waals surface area contributed by atoms with Gasteiger partial charge in [0.05, 0.1) is 6.10 Å². The van der Waals surface area contributed by atoms with Crippen molar-refractivity contribution in [3.05, 3.63) is 21.9 Å². The number of likely N-dealkylation sites (tertiary alicyclic amines) is 1. The molecule has 0 aliphatic carbocycles. The normalized spacial score (nSPS) is 20.6. The molecule has 0 amide bonds. The minimum atomic E-state index is -0.819. The van der Waals surface area contributed by atoms with E-state index in [9.17, 15) is 4.79 Å². The van der Waals surface area contributed by atoms with E-state index >= 15 is 0 Å². The molecule has 0 aromatic carbocycles. The van der Waals surface area contributed by atoms with Crippen LogP contribution < -0.4 is 0 Å². The molecule has 1 atom stereocenters. The summed E-state index contributed by atoms with van der Waals surface area (Å²) in [6, 6.07) is 1.92. The predicted octanol–water partition coefficient (Wildman–Crippen LogP) is 2.84. The average molecular weight is 283 g/mol. The second-order valence-electron chi connectivity index (χ2n) is 4.95. The average Bonchev–Trinajstić information content (AvgIpc) is 2.85. The van der Waals surface area contributed by atoms with Crippen molar-refractivity contribution in [2.75, 3.05) is 19.7 Å². The molecule has 0 spiro atoms.